The molecule has 33 heavy (non-hydrogen) atoms. The van der Waals surface area contributed by atoms with Gasteiger partial charge in [-0.1, -0.05) is 24.6 Å². The number of likely N-dealkylation sites (tertiary alicyclic amines) is 1. The van der Waals surface area contributed by atoms with Gasteiger partial charge in [0.15, 0.2) is 0 Å². The molecule has 1 N–H and O–H groups in total. The van der Waals surface area contributed by atoms with Crippen molar-refractivity contribution in [3.8, 4) is 0 Å². The Hall–Kier alpha value is -3.26. The third-order valence-corrected chi connectivity index (χ3v) is 6.76. The second-order valence-electron chi connectivity index (χ2n) is 8.97. The zero-order valence-electron chi connectivity index (χ0n) is 19.0. The van der Waals surface area contributed by atoms with Gasteiger partial charge < -0.3 is 14.4 Å². The summed E-state index contributed by atoms with van der Waals surface area (Å²) >= 11 is 0. The number of fused-ring (bicyclic) bond motifs is 2. The Balaban J connectivity index is 1.41. The maximum Gasteiger partial charge on any atom is 0.237 e. The van der Waals surface area contributed by atoms with Crippen LogP contribution in [0.1, 0.15) is 43.4 Å². The lowest BCUT2D eigenvalue weighted by molar-refractivity contribution is -0.131. The van der Waals surface area contributed by atoms with E-state index in [1.165, 1.54) is 26.2 Å². The number of piperidine rings is 1. The Kier molecular flexibility index (Phi) is 6.09. The third-order valence-electron chi connectivity index (χ3n) is 6.76. The number of anilines is 1. The van der Waals surface area contributed by atoms with E-state index in [-0.39, 0.29) is 11.8 Å². The van der Waals surface area contributed by atoms with Crippen LogP contribution >= 0.6 is 0 Å². The molecular formula is C25H30N6O2. The molecule has 1 atom stereocenters. The van der Waals surface area contributed by atoms with Gasteiger partial charge in [-0.3, -0.25) is 19.9 Å². The van der Waals surface area contributed by atoms with Gasteiger partial charge in [0.05, 0.1) is 22.6 Å². The standard InChI is InChI=1S/C25H30N6O2/c1-18(32)30-16-19-8-7-11-26-23(19)20(17-30)24(33)28-25-27-21-9-3-4-10-22(21)31(25)15-14-29-12-5-2-6-13-29/h3-4,7-11,20H,2,5-6,12-17H2,1H3,(H,27,28,33). The molecule has 172 valence electrons. The fourth-order valence-electron chi connectivity index (χ4n) is 4.94. The molecule has 0 spiro atoms. The van der Waals surface area contributed by atoms with Gasteiger partial charge in [0.1, 0.15) is 0 Å². The van der Waals surface area contributed by atoms with E-state index in [2.05, 4.69) is 19.8 Å². The predicted molar refractivity (Wildman–Crippen MR) is 127 cm³/mol. The van der Waals surface area contributed by atoms with Crippen LogP contribution in [0.3, 0.4) is 0 Å². The normalized spacial score (nSPS) is 18.8. The molecule has 4 heterocycles. The van der Waals surface area contributed by atoms with Crippen molar-refractivity contribution in [2.75, 3.05) is 31.5 Å². The second-order valence-corrected chi connectivity index (χ2v) is 8.97. The second kappa shape index (κ2) is 9.31. The fraction of sp³-hybridized carbons (Fsp3) is 0.440. The molecule has 2 amide bonds. The van der Waals surface area contributed by atoms with E-state index in [4.69, 9.17) is 4.98 Å². The molecule has 8 nitrogen and oxygen atoms in total. The zero-order valence-corrected chi connectivity index (χ0v) is 19.0. The van der Waals surface area contributed by atoms with Crippen molar-refractivity contribution in [1.82, 2.24) is 24.3 Å². The summed E-state index contributed by atoms with van der Waals surface area (Å²) in [4.78, 5) is 39.0. The van der Waals surface area contributed by atoms with Crippen LogP contribution in [-0.4, -0.2) is 62.3 Å². The van der Waals surface area contributed by atoms with Crippen molar-refractivity contribution >= 4 is 28.8 Å². The van der Waals surface area contributed by atoms with Crippen LogP contribution in [0.4, 0.5) is 5.95 Å². The van der Waals surface area contributed by atoms with Gasteiger partial charge in [-0.25, -0.2) is 4.98 Å². The molecule has 3 aromatic rings. The number of amides is 2. The minimum Gasteiger partial charge on any atom is -0.337 e. The van der Waals surface area contributed by atoms with E-state index in [0.29, 0.717) is 19.0 Å². The van der Waals surface area contributed by atoms with Crippen molar-refractivity contribution < 1.29 is 9.59 Å². The van der Waals surface area contributed by atoms with Crippen LogP contribution in [0.25, 0.3) is 11.0 Å². The monoisotopic (exact) mass is 446 g/mol. The average Bonchev–Trinajstić information content (AvgIpc) is 3.19. The Morgan fingerprint density at radius 1 is 1.06 bits per heavy atom. The van der Waals surface area contributed by atoms with E-state index in [0.717, 1.165) is 48.5 Å². The number of aromatic nitrogens is 3. The number of pyridine rings is 1. The summed E-state index contributed by atoms with van der Waals surface area (Å²) in [6.07, 6.45) is 5.50. The van der Waals surface area contributed by atoms with Gasteiger partial charge in [0.25, 0.3) is 0 Å². The molecule has 0 radical (unpaired) electrons. The largest absolute Gasteiger partial charge is 0.337 e. The van der Waals surface area contributed by atoms with Crippen molar-refractivity contribution in [3.63, 3.8) is 0 Å². The summed E-state index contributed by atoms with van der Waals surface area (Å²) in [6, 6.07) is 11.8. The first-order valence-electron chi connectivity index (χ1n) is 11.8. The molecule has 1 unspecified atom stereocenters. The van der Waals surface area contributed by atoms with Crippen molar-refractivity contribution in [2.45, 2.75) is 45.2 Å². The average molecular weight is 447 g/mol. The Bertz CT molecular complexity index is 1170. The molecule has 0 aliphatic carbocycles. The van der Waals surface area contributed by atoms with Crippen molar-refractivity contribution in [1.29, 1.82) is 0 Å². The minimum absolute atomic E-state index is 0.0453. The van der Waals surface area contributed by atoms with E-state index in [9.17, 15) is 9.59 Å². The number of rotatable bonds is 5. The highest BCUT2D eigenvalue weighted by Crippen LogP contribution is 2.28. The first-order chi connectivity index (χ1) is 16.1. The Labute approximate surface area is 193 Å². The number of nitrogens with zero attached hydrogens (tertiary/aromatic N) is 5. The predicted octanol–water partition coefficient (Wildman–Crippen LogP) is 3.00. The maximum absolute atomic E-state index is 13.5. The van der Waals surface area contributed by atoms with Crippen LogP contribution in [0.15, 0.2) is 42.6 Å². The van der Waals surface area contributed by atoms with Crippen LogP contribution in [-0.2, 0) is 22.7 Å². The summed E-state index contributed by atoms with van der Waals surface area (Å²) in [5.41, 5.74) is 3.53. The molecule has 8 heteroatoms. The molecule has 5 rings (SSSR count). The van der Waals surface area contributed by atoms with E-state index < -0.39 is 5.92 Å². The maximum atomic E-state index is 13.5. The lowest BCUT2D eigenvalue weighted by Crippen LogP contribution is -2.41. The van der Waals surface area contributed by atoms with Gasteiger partial charge >= 0.3 is 0 Å². The quantitative estimate of drug-likeness (QED) is 0.651. The number of carbonyl (C=O) groups excluding carboxylic acids is 2. The number of nitrogens with one attached hydrogen (secondary N) is 1. The summed E-state index contributed by atoms with van der Waals surface area (Å²) in [5, 5.41) is 3.07. The van der Waals surface area contributed by atoms with Crippen molar-refractivity contribution in [3.05, 3.63) is 53.9 Å². The summed E-state index contributed by atoms with van der Waals surface area (Å²) < 4.78 is 2.10. The Morgan fingerprint density at radius 3 is 2.70 bits per heavy atom. The van der Waals surface area contributed by atoms with Gasteiger partial charge in [-0.15, -0.1) is 0 Å². The molecule has 1 aromatic carbocycles. The zero-order chi connectivity index (χ0) is 22.8. The number of hydrogen-bond acceptors (Lipinski definition) is 5. The first kappa shape index (κ1) is 21.6. The van der Waals surface area contributed by atoms with E-state index in [1.807, 2.05) is 36.4 Å². The highest BCUT2D eigenvalue weighted by molar-refractivity contribution is 5.96. The highest BCUT2D eigenvalue weighted by Gasteiger charge is 2.33. The fourth-order valence-corrected chi connectivity index (χ4v) is 4.94. The Morgan fingerprint density at radius 2 is 1.88 bits per heavy atom. The number of imidazole rings is 1. The number of carbonyl (C=O) groups is 2. The van der Waals surface area contributed by atoms with Gasteiger partial charge in [-0.2, -0.15) is 0 Å². The summed E-state index contributed by atoms with van der Waals surface area (Å²) in [5.74, 6) is -0.212. The molecule has 1 fully saturated rings. The molecule has 0 saturated carbocycles. The van der Waals surface area contributed by atoms with Gasteiger partial charge in [0, 0.05) is 39.3 Å². The number of benzene rings is 1. The molecule has 2 aliphatic heterocycles. The molecule has 0 bridgehead atoms. The number of para-hydroxylation sites is 2. The van der Waals surface area contributed by atoms with Crippen molar-refractivity contribution in [2.24, 2.45) is 0 Å². The summed E-state index contributed by atoms with van der Waals surface area (Å²) in [6.45, 7) is 6.27. The van der Waals surface area contributed by atoms with Gasteiger partial charge in [-0.05, 0) is 49.7 Å². The van der Waals surface area contributed by atoms with Crippen LogP contribution < -0.4 is 5.32 Å². The molecular weight excluding hydrogens is 416 g/mol. The number of hydrogen-bond donors (Lipinski definition) is 1. The molecule has 2 aromatic heterocycles. The first-order valence-corrected chi connectivity index (χ1v) is 11.8. The van der Waals surface area contributed by atoms with Crippen LogP contribution in [0.5, 0.6) is 0 Å². The van der Waals surface area contributed by atoms with Crippen LogP contribution in [0.2, 0.25) is 0 Å². The summed E-state index contributed by atoms with van der Waals surface area (Å²) in [7, 11) is 0. The smallest absolute Gasteiger partial charge is 0.237 e. The van der Waals surface area contributed by atoms with Gasteiger partial charge in [0.2, 0.25) is 17.8 Å². The lowest BCUT2D eigenvalue weighted by Gasteiger charge is -2.32. The lowest BCUT2D eigenvalue weighted by atomic mass is 9.94. The van der Waals surface area contributed by atoms with E-state index in [1.54, 1.807) is 11.1 Å². The third kappa shape index (κ3) is 4.48. The highest BCUT2D eigenvalue weighted by atomic mass is 16.2. The SMILES string of the molecule is CC(=O)N1Cc2cccnc2C(C(=O)Nc2nc3ccccc3n2CCN2CCCCC2)C1. The minimum atomic E-state index is -0.533. The van der Waals surface area contributed by atoms with Crippen LogP contribution in [0, 0.1) is 0 Å². The van der Waals surface area contributed by atoms with E-state index >= 15 is 0 Å². The molecule has 1 saturated heterocycles. The molecule has 2 aliphatic rings. The topological polar surface area (TPSA) is 83.4 Å².